The van der Waals surface area contributed by atoms with Crippen molar-refractivity contribution in [3.05, 3.63) is 93.0 Å². The highest BCUT2D eigenvalue weighted by Crippen LogP contribution is 2.55. The number of carbonyl (C=O) groups is 8. The second-order valence-electron chi connectivity index (χ2n) is 37.9. The van der Waals surface area contributed by atoms with Gasteiger partial charge in [-0.25, -0.2) is 38.4 Å². The van der Waals surface area contributed by atoms with Crippen molar-refractivity contribution in [2.75, 3.05) is 0 Å². The smallest absolute Gasteiger partial charge is 0.428 e. The average Bonchev–Trinajstić information content (AvgIpc) is 0.742. The number of carbonyl (C=O) groups excluding carboxylic acids is 8. The van der Waals surface area contributed by atoms with E-state index in [1.54, 1.807) is 190 Å². The van der Waals surface area contributed by atoms with Gasteiger partial charge in [-0.15, -0.1) is 0 Å². The summed E-state index contributed by atoms with van der Waals surface area (Å²) in [7, 11) is 0. The molecule has 0 aromatic heterocycles. The summed E-state index contributed by atoms with van der Waals surface area (Å²) in [6, 6.07) is 12.6. The van der Waals surface area contributed by atoms with Gasteiger partial charge in [0, 0.05) is 92.4 Å². The molecule has 1 aliphatic carbocycles. The number of ether oxygens (including phenoxy) is 16. The SMILES string of the molecule is CCCCCCC1c2cc(c(OC(=O)OC(C)(C)C)cc2OC(=O)OC(C)(C)C)C(CCCCCC)c2cc(c(OC(=O)OC(C)(C)C)cc2OC(=O)OC(C)(C)C)C(CCCCCC)c2cc(c(OC(=O)OC(C)(C)C)cc2OC(=O)OC(C)(C)C)C(CCCCCC)c2cc1c(OC(=O)OC(C)(C)C)cc2OC(=O)OC(C)(C)C. The molecule has 0 amide bonds. The van der Waals surface area contributed by atoms with Crippen molar-refractivity contribution in [2.24, 2.45) is 0 Å². The lowest BCUT2D eigenvalue weighted by Crippen LogP contribution is -2.28. The first kappa shape index (κ1) is 97.6. The van der Waals surface area contributed by atoms with Gasteiger partial charge in [-0.05, 0) is 216 Å². The molecule has 0 spiro atoms. The van der Waals surface area contributed by atoms with Crippen LogP contribution in [-0.4, -0.2) is 94.1 Å². The van der Waals surface area contributed by atoms with E-state index >= 15 is 0 Å². The topological polar surface area (TPSA) is 284 Å². The predicted molar refractivity (Wildman–Crippen MR) is 443 cm³/mol. The number of hydrogen-bond acceptors (Lipinski definition) is 24. The van der Waals surface area contributed by atoms with Crippen LogP contribution in [-0.2, 0) is 37.9 Å². The maximum Gasteiger partial charge on any atom is 0.514 e. The first-order valence-corrected chi connectivity index (χ1v) is 41.6. The Kier molecular flexibility index (Phi) is 35.3. The summed E-state index contributed by atoms with van der Waals surface area (Å²) in [6.45, 7) is 48.4. The summed E-state index contributed by atoms with van der Waals surface area (Å²) < 4.78 is 100. The fourth-order valence-corrected chi connectivity index (χ4v) is 13.2. The maximum atomic E-state index is 14.9. The van der Waals surface area contributed by atoms with Gasteiger partial charge >= 0.3 is 49.2 Å². The molecular formula is C92H136O24. The molecule has 116 heavy (non-hydrogen) atoms. The maximum absolute atomic E-state index is 14.9. The minimum absolute atomic E-state index is 0.177. The van der Waals surface area contributed by atoms with Gasteiger partial charge in [0.15, 0.2) is 0 Å². The van der Waals surface area contributed by atoms with Gasteiger partial charge in [0.05, 0.1) is 0 Å². The fraction of sp³-hybridized carbons (Fsp3) is 0.652. The van der Waals surface area contributed by atoms with Crippen molar-refractivity contribution < 1.29 is 114 Å². The van der Waals surface area contributed by atoms with Crippen LogP contribution in [0.4, 0.5) is 38.4 Å². The van der Waals surface area contributed by atoms with E-state index in [-0.39, 0.29) is 116 Å². The molecule has 0 aliphatic heterocycles. The van der Waals surface area contributed by atoms with Gasteiger partial charge in [0.25, 0.3) is 0 Å². The molecule has 648 valence electrons. The predicted octanol–water partition coefficient (Wildman–Crippen LogP) is 26.9. The second-order valence-corrected chi connectivity index (χ2v) is 37.9. The van der Waals surface area contributed by atoms with Crippen LogP contribution in [0.2, 0.25) is 0 Å². The second kappa shape index (κ2) is 41.9. The summed E-state index contributed by atoms with van der Waals surface area (Å²) in [5, 5.41) is 0. The van der Waals surface area contributed by atoms with Crippen LogP contribution in [0.1, 0.15) is 390 Å². The van der Waals surface area contributed by atoms with E-state index in [1.807, 2.05) is 0 Å². The Bertz CT molecular complexity index is 3250. The van der Waals surface area contributed by atoms with Crippen LogP contribution in [0.5, 0.6) is 46.0 Å². The monoisotopic (exact) mass is 1620 g/mol. The van der Waals surface area contributed by atoms with Gasteiger partial charge in [0.1, 0.15) is 90.8 Å². The van der Waals surface area contributed by atoms with Crippen LogP contribution < -0.4 is 37.9 Å². The molecule has 0 N–H and O–H groups in total. The molecule has 0 radical (unpaired) electrons. The molecule has 4 aromatic carbocycles. The number of rotatable bonds is 28. The summed E-state index contributed by atoms with van der Waals surface area (Å²) in [5.74, 6) is -5.93. The molecule has 0 heterocycles. The molecule has 0 unspecified atom stereocenters. The van der Waals surface area contributed by atoms with E-state index in [1.165, 1.54) is 24.3 Å². The normalized spacial score (nSPS) is 15.3. The van der Waals surface area contributed by atoms with E-state index in [2.05, 4.69) is 27.7 Å². The van der Waals surface area contributed by atoms with Crippen molar-refractivity contribution in [3.63, 3.8) is 0 Å². The van der Waals surface area contributed by atoms with E-state index in [9.17, 15) is 38.4 Å². The highest BCUT2D eigenvalue weighted by molar-refractivity contribution is 5.76. The first-order valence-electron chi connectivity index (χ1n) is 41.6. The molecule has 4 aromatic rings. The first-order chi connectivity index (χ1) is 53.6. The van der Waals surface area contributed by atoms with Crippen molar-refractivity contribution in [1.29, 1.82) is 0 Å². The fourth-order valence-electron chi connectivity index (χ4n) is 13.2. The molecule has 0 saturated heterocycles. The molecule has 0 fully saturated rings. The van der Waals surface area contributed by atoms with Crippen LogP contribution >= 0.6 is 0 Å². The molecule has 0 atom stereocenters. The average molecular weight is 1630 g/mol. The largest absolute Gasteiger partial charge is 0.514 e. The number of unbranched alkanes of at least 4 members (excludes halogenated alkanes) is 12. The number of benzene rings is 4. The Morgan fingerprint density at radius 3 is 0.422 bits per heavy atom. The minimum Gasteiger partial charge on any atom is -0.428 e. The van der Waals surface area contributed by atoms with Crippen LogP contribution in [0.3, 0.4) is 0 Å². The molecule has 5 rings (SSSR count). The Labute approximate surface area is 690 Å². The van der Waals surface area contributed by atoms with Crippen LogP contribution in [0.25, 0.3) is 0 Å². The standard InChI is InChI=1S/C92H136O24/c1-29-33-37-41-45-57-61-49-63(71(103-79(95)111-87(11,12)13)53-69(61)101-77(93)109-85(5,6)7)58(46-42-38-34-30-2)65-51-67(75(107-83(99)115-91(23,24)25)55-73(65)105-81(97)113-89(17,18)19)60(48-44-40-36-32-4)68-52-66(74(106-82(98)114-90(20,21)22)56-76(68)108-84(100)116-92(26,27)28)59(47-43-39-35-31-3)64-50-62(57)70(102-78(94)110-86(8,9)10)54-72(64)104-80(96)112-88(14,15)16/h49-60H,29-48H2,1-28H3. The summed E-state index contributed by atoms with van der Waals surface area (Å²) in [6.07, 6.45) is 2.14. The highest BCUT2D eigenvalue weighted by Gasteiger charge is 2.40. The van der Waals surface area contributed by atoms with Crippen LogP contribution in [0.15, 0.2) is 48.5 Å². The van der Waals surface area contributed by atoms with E-state index < -0.39 is 118 Å². The van der Waals surface area contributed by atoms with Crippen molar-refractivity contribution >= 4 is 49.2 Å². The lowest BCUT2D eigenvalue weighted by molar-refractivity contribution is 0.0174. The van der Waals surface area contributed by atoms with Crippen molar-refractivity contribution in [1.82, 2.24) is 0 Å². The Hall–Kier alpha value is -8.96. The van der Waals surface area contributed by atoms with Gasteiger partial charge in [-0.1, -0.05) is 130 Å². The summed E-state index contributed by atoms with van der Waals surface area (Å²) in [5.41, 5.74) is -7.22. The van der Waals surface area contributed by atoms with Crippen molar-refractivity contribution in [3.8, 4) is 46.0 Å². The Morgan fingerprint density at radius 2 is 0.319 bits per heavy atom. The van der Waals surface area contributed by atoms with E-state index in [0.29, 0.717) is 51.4 Å². The zero-order chi connectivity index (χ0) is 87.3. The zero-order valence-corrected chi connectivity index (χ0v) is 74.9. The highest BCUT2D eigenvalue weighted by atomic mass is 16.8. The van der Waals surface area contributed by atoms with Gasteiger partial charge in [-0.2, -0.15) is 0 Å². The third kappa shape index (κ3) is 33.9. The van der Waals surface area contributed by atoms with Gasteiger partial charge in [-0.3, -0.25) is 0 Å². The quantitative estimate of drug-likeness (QED) is 0.0221. The van der Waals surface area contributed by atoms with Gasteiger partial charge in [0.2, 0.25) is 0 Å². The minimum atomic E-state index is -1.16. The lowest BCUT2D eigenvalue weighted by atomic mass is 9.76. The molecule has 24 heteroatoms. The third-order valence-corrected chi connectivity index (χ3v) is 17.6. The van der Waals surface area contributed by atoms with E-state index in [0.717, 1.165) is 51.4 Å². The molecule has 1 aliphatic rings. The Morgan fingerprint density at radius 1 is 0.198 bits per heavy atom. The third-order valence-electron chi connectivity index (χ3n) is 17.6. The molecule has 8 bridgehead atoms. The van der Waals surface area contributed by atoms with Crippen molar-refractivity contribution in [2.45, 2.75) is 391 Å². The Balaban J connectivity index is 2.50. The molecule has 0 saturated carbocycles. The van der Waals surface area contributed by atoms with Crippen LogP contribution in [0, 0.1) is 0 Å². The number of hydrogen-bond donors (Lipinski definition) is 0. The molecular weight excluding hydrogens is 1490 g/mol. The van der Waals surface area contributed by atoms with Gasteiger partial charge < -0.3 is 75.8 Å². The lowest BCUT2D eigenvalue weighted by Gasteiger charge is -2.32. The summed E-state index contributed by atoms with van der Waals surface area (Å²) in [4.78, 5) is 119. The molecule has 24 nitrogen and oxygen atoms in total. The number of fused-ring (bicyclic) bond motifs is 8. The zero-order valence-electron chi connectivity index (χ0n) is 74.9. The van der Waals surface area contributed by atoms with E-state index in [4.69, 9.17) is 75.8 Å². The summed E-state index contributed by atoms with van der Waals surface area (Å²) >= 11 is 0.